The molecule has 3 nitrogen and oxygen atoms in total. The predicted octanol–water partition coefficient (Wildman–Crippen LogP) is 2.07. The Labute approximate surface area is 73.3 Å². The fourth-order valence-corrected chi connectivity index (χ4v) is 1.38. The first-order valence-electron chi connectivity index (χ1n) is 2.97. The Morgan fingerprint density at radius 1 is 1.82 bits per heavy atom. The number of ether oxygens (including phenoxy) is 1. The minimum absolute atomic E-state index is 0.319. The average Bonchev–Trinajstić information content (AvgIpc) is 2.34. The highest BCUT2D eigenvalue weighted by Gasteiger charge is 2.11. The molecule has 0 fully saturated rings. The molecule has 11 heavy (non-hydrogen) atoms. The van der Waals surface area contributed by atoms with Crippen LogP contribution in [-0.4, -0.2) is 11.0 Å². The number of hydrogen-bond donors (Lipinski definition) is 0. The summed E-state index contributed by atoms with van der Waals surface area (Å²) in [6.45, 7) is 2.34. The second-order valence-corrected chi connectivity index (χ2v) is 2.83. The van der Waals surface area contributed by atoms with Crippen LogP contribution in [0.5, 0.6) is 5.88 Å². The van der Waals surface area contributed by atoms with Crippen LogP contribution in [-0.2, 0) is 0 Å². The molecule has 0 amide bonds. The smallest absolute Gasteiger partial charge is 0.245 e. The molecule has 0 aliphatic carbocycles. The monoisotopic (exact) mass is 188 g/mol. The summed E-state index contributed by atoms with van der Waals surface area (Å²) in [6.07, 6.45) is 0. The lowest BCUT2D eigenvalue weighted by Gasteiger charge is -1.95. The van der Waals surface area contributed by atoms with Gasteiger partial charge in [-0.05, 0) is 18.5 Å². The Morgan fingerprint density at radius 2 is 2.55 bits per heavy atom. The van der Waals surface area contributed by atoms with E-state index in [1.54, 1.807) is 0 Å². The average molecular weight is 189 g/mol. The van der Waals surface area contributed by atoms with E-state index in [1.807, 2.05) is 13.0 Å². The molecule has 0 saturated carbocycles. The molecule has 0 atom stereocenters. The summed E-state index contributed by atoms with van der Waals surface area (Å²) < 4.78 is 8.88. The van der Waals surface area contributed by atoms with Crippen LogP contribution in [0.4, 0.5) is 0 Å². The van der Waals surface area contributed by atoms with E-state index in [0.717, 1.165) is 11.5 Å². The third-order valence-electron chi connectivity index (χ3n) is 0.990. The van der Waals surface area contributed by atoms with Crippen molar-refractivity contribution in [1.82, 2.24) is 4.37 Å². The maximum atomic E-state index is 8.48. The van der Waals surface area contributed by atoms with E-state index in [0.29, 0.717) is 22.4 Å². The van der Waals surface area contributed by atoms with E-state index in [-0.39, 0.29) is 0 Å². The zero-order valence-electron chi connectivity index (χ0n) is 5.80. The molecule has 0 radical (unpaired) electrons. The zero-order valence-corrected chi connectivity index (χ0v) is 7.37. The molecule has 0 aliphatic heterocycles. The lowest BCUT2D eigenvalue weighted by molar-refractivity contribution is 0.330. The topological polar surface area (TPSA) is 45.9 Å². The third-order valence-corrected chi connectivity index (χ3v) is 2.19. The Kier molecular flexibility index (Phi) is 2.69. The Balaban J connectivity index is 2.93. The van der Waals surface area contributed by atoms with Crippen molar-refractivity contribution in [3.63, 3.8) is 0 Å². The molecule has 0 N–H and O–H groups in total. The Hall–Kier alpha value is -0.790. The van der Waals surface area contributed by atoms with Crippen LogP contribution in [0.1, 0.15) is 11.8 Å². The van der Waals surface area contributed by atoms with Crippen LogP contribution in [0.2, 0.25) is 5.02 Å². The van der Waals surface area contributed by atoms with E-state index in [9.17, 15) is 0 Å². The van der Waals surface area contributed by atoms with Crippen molar-refractivity contribution in [1.29, 1.82) is 5.26 Å². The van der Waals surface area contributed by atoms with Crippen LogP contribution in [0.3, 0.4) is 0 Å². The van der Waals surface area contributed by atoms with Gasteiger partial charge in [0.05, 0.1) is 6.61 Å². The molecule has 0 spiro atoms. The van der Waals surface area contributed by atoms with Gasteiger partial charge >= 0.3 is 0 Å². The molecule has 0 saturated heterocycles. The predicted molar refractivity (Wildman–Crippen MR) is 43.0 cm³/mol. The van der Waals surface area contributed by atoms with Gasteiger partial charge in [-0.15, -0.1) is 0 Å². The van der Waals surface area contributed by atoms with E-state index in [2.05, 4.69) is 4.37 Å². The van der Waals surface area contributed by atoms with Crippen LogP contribution in [0, 0.1) is 11.3 Å². The Morgan fingerprint density at radius 3 is 3.00 bits per heavy atom. The highest BCUT2D eigenvalue weighted by Crippen LogP contribution is 2.29. The first-order chi connectivity index (χ1) is 5.29. The third kappa shape index (κ3) is 1.62. The quantitative estimate of drug-likeness (QED) is 0.714. The fraction of sp³-hybridized carbons (Fsp3) is 0.333. The lowest BCUT2D eigenvalue weighted by atomic mass is 10.5. The molecular formula is C6H5ClN2OS. The van der Waals surface area contributed by atoms with Gasteiger partial charge in [-0.3, -0.25) is 0 Å². The molecule has 0 unspecified atom stereocenters. The van der Waals surface area contributed by atoms with Gasteiger partial charge in [0, 0.05) is 0 Å². The summed E-state index contributed by atoms with van der Waals surface area (Å²) in [7, 11) is 0. The van der Waals surface area contributed by atoms with Gasteiger partial charge in [-0.1, -0.05) is 11.6 Å². The van der Waals surface area contributed by atoms with Crippen molar-refractivity contribution in [2.24, 2.45) is 0 Å². The molecule has 5 heteroatoms. The van der Waals surface area contributed by atoms with Gasteiger partial charge < -0.3 is 4.74 Å². The van der Waals surface area contributed by atoms with Gasteiger partial charge in [0.25, 0.3) is 0 Å². The van der Waals surface area contributed by atoms with Gasteiger partial charge in [0.2, 0.25) is 5.88 Å². The Bertz CT molecular complexity index is 291. The number of rotatable bonds is 2. The van der Waals surface area contributed by atoms with Gasteiger partial charge in [-0.2, -0.15) is 9.64 Å². The molecular weight excluding hydrogens is 184 g/mol. The highest BCUT2D eigenvalue weighted by molar-refractivity contribution is 7.07. The maximum absolute atomic E-state index is 8.48. The molecule has 0 bridgehead atoms. The van der Waals surface area contributed by atoms with Crippen LogP contribution in [0.15, 0.2) is 0 Å². The van der Waals surface area contributed by atoms with Gasteiger partial charge in [0.1, 0.15) is 16.0 Å². The summed E-state index contributed by atoms with van der Waals surface area (Å²) in [5.74, 6) is 0.357. The van der Waals surface area contributed by atoms with E-state index >= 15 is 0 Å². The minimum atomic E-state index is 0.319. The summed E-state index contributed by atoms with van der Waals surface area (Å²) in [4.78, 5) is 0.398. The second-order valence-electron chi connectivity index (χ2n) is 1.68. The summed E-state index contributed by atoms with van der Waals surface area (Å²) >= 11 is 6.75. The van der Waals surface area contributed by atoms with Crippen molar-refractivity contribution in [2.75, 3.05) is 6.61 Å². The normalized spacial score (nSPS) is 9.18. The summed E-state index contributed by atoms with van der Waals surface area (Å²) in [6, 6.07) is 1.92. The molecule has 1 aromatic heterocycles. The number of hydrogen-bond acceptors (Lipinski definition) is 4. The van der Waals surface area contributed by atoms with Crippen LogP contribution < -0.4 is 4.74 Å². The van der Waals surface area contributed by atoms with Gasteiger partial charge in [-0.25, -0.2) is 0 Å². The van der Waals surface area contributed by atoms with E-state index < -0.39 is 0 Å². The van der Waals surface area contributed by atoms with E-state index in [1.165, 1.54) is 0 Å². The van der Waals surface area contributed by atoms with Crippen molar-refractivity contribution < 1.29 is 4.74 Å². The lowest BCUT2D eigenvalue weighted by Crippen LogP contribution is -1.91. The summed E-state index contributed by atoms with van der Waals surface area (Å²) in [5.41, 5.74) is 0. The summed E-state index contributed by atoms with van der Waals surface area (Å²) in [5, 5.41) is 8.80. The first kappa shape index (κ1) is 8.31. The number of aromatic nitrogens is 1. The molecule has 0 aliphatic rings. The van der Waals surface area contributed by atoms with Crippen molar-refractivity contribution >= 4 is 23.1 Å². The zero-order chi connectivity index (χ0) is 8.27. The number of halogens is 1. The first-order valence-corrected chi connectivity index (χ1v) is 4.12. The second kappa shape index (κ2) is 3.56. The minimum Gasteiger partial charge on any atom is -0.476 e. The van der Waals surface area contributed by atoms with Crippen molar-refractivity contribution in [3.05, 3.63) is 9.90 Å². The van der Waals surface area contributed by atoms with Gasteiger partial charge in [0.15, 0.2) is 0 Å². The molecule has 1 rings (SSSR count). The molecule has 58 valence electrons. The van der Waals surface area contributed by atoms with Crippen LogP contribution >= 0.6 is 23.1 Å². The highest BCUT2D eigenvalue weighted by atomic mass is 35.5. The number of nitrogens with zero attached hydrogens (tertiary/aromatic N) is 2. The van der Waals surface area contributed by atoms with E-state index in [4.69, 9.17) is 21.6 Å². The molecule has 1 aromatic rings. The molecule has 0 aromatic carbocycles. The van der Waals surface area contributed by atoms with Crippen molar-refractivity contribution in [2.45, 2.75) is 6.92 Å². The fourth-order valence-electron chi connectivity index (χ4n) is 0.560. The largest absolute Gasteiger partial charge is 0.476 e. The van der Waals surface area contributed by atoms with Crippen molar-refractivity contribution in [3.8, 4) is 11.9 Å². The maximum Gasteiger partial charge on any atom is 0.245 e. The standard InChI is InChI=1S/C6H5ClN2OS/c1-2-10-6-5(7)4(3-8)11-9-6/h2H2,1H3. The number of nitriles is 1. The molecule has 1 heterocycles. The SMILES string of the molecule is CCOc1nsc(C#N)c1Cl. The van der Waals surface area contributed by atoms with Crippen LogP contribution in [0.25, 0.3) is 0 Å².